The topological polar surface area (TPSA) is 17.8 Å². The quantitative estimate of drug-likeness (QED) is 0.452. The number of aromatic nitrogens is 2. The maximum absolute atomic E-state index is 4.41. The smallest absolute Gasteiger partial charge is 0.0959 e. The fraction of sp³-hybridized carbons (Fsp3) is 0.0556. The van der Waals surface area contributed by atoms with Crippen LogP contribution in [0.4, 0.5) is 0 Å². The van der Waals surface area contributed by atoms with Crippen LogP contribution in [-0.2, 0) is 7.05 Å². The highest BCUT2D eigenvalue weighted by Crippen LogP contribution is 2.25. The monoisotopic (exact) mass is 264 g/mol. The second-order valence-corrected chi connectivity index (χ2v) is 3.92. The van der Waals surface area contributed by atoms with Gasteiger partial charge in [-0.15, -0.1) is 13.2 Å². The number of fused-ring (bicyclic) bond motifs is 3. The van der Waals surface area contributed by atoms with Gasteiger partial charge in [0.05, 0.1) is 16.6 Å². The molecule has 0 aliphatic heterocycles. The molecule has 1 aromatic carbocycles. The molecular formula is C18H20N2. The molecule has 0 amide bonds. The average molecular weight is 264 g/mol. The van der Waals surface area contributed by atoms with Crippen molar-refractivity contribution in [3.63, 3.8) is 0 Å². The number of allylic oxidation sites excluding steroid dienone is 2. The number of hydrogen-bond donors (Lipinski definition) is 0. The van der Waals surface area contributed by atoms with Crippen molar-refractivity contribution in [2.24, 2.45) is 7.05 Å². The van der Waals surface area contributed by atoms with Crippen LogP contribution in [0, 0.1) is 0 Å². The lowest BCUT2D eigenvalue weighted by molar-refractivity contribution is 1.01. The summed E-state index contributed by atoms with van der Waals surface area (Å²) >= 11 is 0. The standard InChI is InChI=1S/C12H10N2.C4H6.C2H4/c1-14-10-6-3-2-5-9(10)12-11(14)7-4-8-13-12;1-3-4-2;1-2/h2-8H,1H3;3-4H,1-2H2;1-2H2. The number of nitrogens with zero attached hydrogens (tertiary/aromatic N) is 2. The van der Waals surface area contributed by atoms with E-state index in [2.05, 4.69) is 73.2 Å². The average Bonchev–Trinajstić information content (AvgIpc) is 2.84. The zero-order chi connectivity index (χ0) is 15.0. The molecule has 0 saturated carbocycles. The van der Waals surface area contributed by atoms with Gasteiger partial charge in [0.25, 0.3) is 0 Å². The Morgan fingerprint density at radius 1 is 0.950 bits per heavy atom. The SMILES string of the molecule is C=C.C=CC=C.Cn1c2ccccc2c2ncccc21. The molecule has 2 heteroatoms. The Kier molecular flexibility index (Phi) is 5.98. The second-order valence-electron chi connectivity index (χ2n) is 3.92. The number of rotatable bonds is 1. The zero-order valence-corrected chi connectivity index (χ0v) is 11.9. The van der Waals surface area contributed by atoms with Gasteiger partial charge in [-0.2, -0.15) is 0 Å². The molecule has 0 unspecified atom stereocenters. The van der Waals surface area contributed by atoms with Crippen LogP contribution in [0.2, 0.25) is 0 Å². The molecular weight excluding hydrogens is 244 g/mol. The second kappa shape index (κ2) is 7.74. The summed E-state index contributed by atoms with van der Waals surface area (Å²) in [6, 6.07) is 12.4. The first-order valence-electron chi connectivity index (χ1n) is 6.31. The lowest BCUT2D eigenvalue weighted by Crippen LogP contribution is -1.85. The molecule has 0 N–H and O–H groups in total. The van der Waals surface area contributed by atoms with Crippen LogP contribution >= 0.6 is 0 Å². The van der Waals surface area contributed by atoms with Crippen molar-refractivity contribution in [2.45, 2.75) is 0 Å². The Labute approximate surface area is 120 Å². The first-order valence-corrected chi connectivity index (χ1v) is 6.31. The van der Waals surface area contributed by atoms with E-state index in [0.29, 0.717) is 0 Å². The fourth-order valence-electron chi connectivity index (χ4n) is 1.97. The third-order valence-electron chi connectivity index (χ3n) is 2.83. The summed E-state index contributed by atoms with van der Waals surface area (Å²) in [4.78, 5) is 4.41. The van der Waals surface area contributed by atoms with Crippen LogP contribution < -0.4 is 0 Å². The van der Waals surface area contributed by atoms with Gasteiger partial charge < -0.3 is 4.57 Å². The first-order chi connectivity index (χ1) is 9.79. The maximum atomic E-state index is 4.41. The van der Waals surface area contributed by atoms with Gasteiger partial charge in [0.2, 0.25) is 0 Å². The van der Waals surface area contributed by atoms with Crippen LogP contribution in [0.3, 0.4) is 0 Å². The number of aryl methyl sites for hydroxylation is 1. The summed E-state index contributed by atoms with van der Waals surface area (Å²) in [7, 11) is 2.08. The highest BCUT2D eigenvalue weighted by Gasteiger charge is 2.06. The molecule has 0 fully saturated rings. The minimum absolute atomic E-state index is 1.09. The van der Waals surface area contributed by atoms with Crippen molar-refractivity contribution in [1.29, 1.82) is 0 Å². The lowest BCUT2D eigenvalue weighted by atomic mass is 10.2. The van der Waals surface area contributed by atoms with Gasteiger partial charge in [0.1, 0.15) is 0 Å². The summed E-state index contributed by atoms with van der Waals surface area (Å²) < 4.78 is 2.18. The van der Waals surface area contributed by atoms with Crippen molar-refractivity contribution in [1.82, 2.24) is 9.55 Å². The molecule has 0 spiro atoms. The largest absolute Gasteiger partial charge is 0.342 e. The molecule has 2 nitrogen and oxygen atoms in total. The summed E-state index contributed by atoms with van der Waals surface area (Å²) in [5, 5.41) is 1.23. The molecule has 0 bridgehead atoms. The molecule has 0 saturated heterocycles. The van der Waals surface area contributed by atoms with Crippen LogP contribution in [0.5, 0.6) is 0 Å². The van der Waals surface area contributed by atoms with Crippen molar-refractivity contribution >= 4 is 21.9 Å². The number of para-hydroxylation sites is 1. The van der Waals surface area contributed by atoms with E-state index in [9.17, 15) is 0 Å². The van der Waals surface area contributed by atoms with Crippen LogP contribution in [0.25, 0.3) is 21.9 Å². The lowest BCUT2D eigenvalue weighted by Gasteiger charge is -1.95. The van der Waals surface area contributed by atoms with E-state index in [-0.39, 0.29) is 0 Å². The Balaban J connectivity index is 0.000000291. The predicted octanol–water partition coefficient (Wildman–Crippen LogP) is 4.89. The Morgan fingerprint density at radius 2 is 1.55 bits per heavy atom. The van der Waals surface area contributed by atoms with E-state index in [1.165, 1.54) is 16.4 Å². The highest BCUT2D eigenvalue weighted by atomic mass is 15.0. The molecule has 102 valence electrons. The van der Waals surface area contributed by atoms with Gasteiger partial charge in [0, 0.05) is 18.6 Å². The number of hydrogen-bond acceptors (Lipinski definition) is 1. The van der Waals surface area contributed by atoms with Gasteiger partial charge in [-0.3, -0.25) is 4.98 Å². The third-order valence-corrected chi connectivity index (χ3v) is 2.83. The molecule has 0 aliphatic rings. The number of benzene rings is 1. The van der Waals surface area contributed by atoms with E-state index in [4.69, 9.17) is 0 Å². The third kappa shape index (κ3) is 3.04. The van der Waals surface area contributed by atoms with Crippen LogP contribution in [-0.4, -0.2) is 9.55 Å². The molecule has 2 heterocycles. The van der Waals surface area contributed by atoms with E-state index in [0.717, 1.165) is 5.52 Å². The fourth-order valence-corrected chi connectivity index (χ4v) is 1.97. The molecule has 20 heavy (non-hydrogen) atoms. The van der Waals surface area contributed by atoms with E-state index < -0.39 is 0 Å². The Bertz CT molecular complexity index is 648. The number of pyridine rings is 1. The van der Waals surface area contributed by atoms with Crippen LogP contribution in [0.15, 0.2) is 81.1 Å². The Hall–Kier alpha value is -2.61. The summed E-state index contributed by atoms with van der Waals surface area (Å²) in [5.41, 5.74) is 3.51. The molecule has 0 radical (unpaired) electrons. The van der Waals surface area contributed by atoms with E-state index >= 15 is 0 Å². The molecule has 3 rings (SSSR count). The van der Waals surface area contributed by atoms with Crippen molar-refractivity contribution in [3.8, 4) is 0 Å². The minimum atomic E-state index is 1.09. The minimum Gasteiger partial charge on any atom is -0.342 e. The normalized spacial score (nSPS) is 9.05. The van der Waals surface area contributed by atoms with E-state index in [1.54, 1.807) is 12.2 Å². The van der Waals surface area contributed by atoms with Crippen molar-refractivity contribution < 1.29 is 0 Å². The summed E-state index contributed by atoms with van der Waals surface area (Å²) in [6.45, 7) is 12.7. The molecule has 0 aliphatic carbocycles. The molecule has 3 aromatic rings. The van der Waals surface area contributed by atoms with Gasteiger partial charge >= 0.3 is 0 Å². The van der Waals surface area contributed by atoms with Gasteiger partial charge in [0.15, 0.2) is 0 Å². The zero-order valence-electron chi connectivity index (χ0n) is 11.9. The summed E-state index contributed by atoms with van der Waals surface area (Å²) in [6.07, 6.45) is 5.12. The summed E-state index contributed by atoms with van der Waals surface area (Å²) in [5.74, 6) is 0. The molecule has 2 aromatic heterocycles. The van der Waals surface area contributed by atoms with Crippen LogP contribution in [0.1, 0.15) is 0 Å². The van der Waals surface area contributed by atoms with E-state index in [1.807, 2.05) is 12.3 Å². The molecule has 0 atom stereocenters. The first kappa shape index (κ1) is 15.4. The maximum Gasteiger partial charge on any atom is 0.0959 e. The van der Waals surface area contributed by atoms with Gasteiger partial charge in [-0.1, -0.05) is 43.5 Å². The van der Waals surface area contributed by atoms with Crippen molar-refractivity contribution in [2.75, 3.05) is 0 Å². The Morgan fingerprint density at radius 3 is 2.20 bits per heavy atom. The van der Waals surface area contributed by atoms with Crippen molar-refractivity contribution in [3.05, 3.63) is 81.1 Å². The van der Waals surface area contributed by atoms with Gasteiger partial charge in [-0.05, 0) is 18.2 Å². The predicted molar refractivity (Wildman–Crippen MR) is 89.9 cm³/mol. The van der Waals surface area contributed by atoms with Gasteiger partial charge in [-0.25, -0.2) is 0 Å². The highest BCUT2D eigenvalue weighted by molar-refractivity contribution is 6.05.